The van der Waals surface area contributed by atoms with Crippen molar-refractivity contribution >= 4 is 17.4 Å². The van der Waals surface area contributed by atoms with E-state index in [9.17, 15) is 19.8 Å². The largest absolute Gasteiger partial charge is 0.508 e. The standard InChI is InChI=1S/C28H27NO7/c1-34-21-7-5-4-6-20(21)26(31)24-25(18-9-11-19(30)12-10-18)29(28(33)27(24)32)15-14-17-8-13-22(35-2)23(16-17)36-3/h4-13,16,25,30-31H,14-15H2,1-3H3/b26-24+. The molecular weight excluding hydrogens is 462 g/mol. The van der Waals surface area contributed by atoms with Crippen molar-refractivity contribution in [2.75, 3.05) is 27.9 Å². The zero-order chi connectivity index (χ0) is 25.8. The Bertz CT molecular complexity index is 1310. The van der Waals surface area contributed by atoms with Gasteiger partial charge in [0.15, 0.2) is 11.5 Å². The number of carbonyl (C=O) groups is 2. The third kappa shape index (κ3) is 4.57. The van der Waals surface area contributed by atoms with E-state index in [1.807, 2.05) is 12.1 Å². The molecule has 0 saturated carbocycles. The highest BCUT2D eigenvalue weighted by atomic mass is 16.5. The van der Waals surface area contributed by atoms with Gasteiger partial charge in [-0.3, -0.25) is 9.59 Å². The minimum absolute atomic E-state index is 0.0394. The molecule has 0 aromatic heterocycles. The quantitative estimate of drug-likeness (QED) is 0.279. The molecule has 8 nitrogen and oxygen atoms in total. The maximum absolute atomic E-state index is 13.2. The Hall–Kier alpha value is -4.46. The fourth-order valence-corrected chi connectivity index (χ4v) is 4.38. The summed E-state index contributed by atoms with van der Waals surface area (Å²) in [4.78, 5) is 27.9. The number of likely N-dealkylation sites (tertiary alicyclic amines) is 1. The van der Waals surface area contributed by atoms with Crippen molar-refractivity contribution in [2.45, 2.75) is 12.5 Å². The molecule has 1 unspecified atom stereocenters. The summed E-state index contributed by atoms with van der Waals surface area (Å²) in [5, 5.41) is 21.0. The van der Waals surface area contributed by atoms with Crippen LogP contribution in [0.3, 0.4) is 0 Å². The van der Waals surface area contributed by atoms with E-state index in [4.69, 9.17) is 14.2 Å². The third-order valence-electron chi connectivity index (χ3n) is 6.20. The van der Waals surface area contributed by atoms with Crippen LogP contribution >= 0.6 is 0 Å². The van der Waals surface area contributed by atoms with Gasteiger partial charge in [0.2, 0.25) is 0 Å². The van der Waals surface area contributed by atoms with Crippen LogP contribution < -0.4 is 14.2 Å². The summed E-state index contributed by atoms with van der Waals surface area (Å²) < 4.78 is 16.0. The number of rotatable bonds is 8. The summed E-state index contributed by atoms with van der Waals surface area (Å²) in [5.74, 6) is -0.265. The van der Waals surface area contributed by atoms with Gasteiger partial charge in [-0.2, -0.15) is 0 Å². The molecule has 1 amide bonds. The molecule has 4 rings (SSSR count). The molecule has 0 spiro atoms. The topological polar surface area (TPSA) is 106 Å². The number of amides is 1. The van der Waals surface area contributed by atoms with E-state index in [1.54, 1.807) is 56.7 Å². The lowest BCUT2D eigenvalue weighted by atomic mass is 9.95. The normalized spacial score (nSPS) is 16.8. The highest BCUT2D eigenvalue weighted by Crippen LogP contribution is 2.41. The lowest BCUT2D eigenvalue weighted by Crippen LogP contribution is -2.31. The number of phenols is 1. The minimum atomic E-state index is -0.851. The van der Waals surface area contributed by atoms with Crippen LogP contribution in [-0.4, -0.2) is 54.7 Å². The van der Waals surface area contributed by atoms with Crippen molar-refractivity contribution in [1.29, 1.82) is 0 Å². The molecule has 2 N–H and O–H groups in total. The predicted octanol–water partition coefficient (Wildman–Crippen LogP) is 4.08. The summed E-state index contributed by atoms with van der Waals surface area (Å²) in [6.07, 6.45) is 0.427. The smallest absolute Gasteiger partial charge is 0.295 e. The number of benzene rings is 3. The number of hydrogen-bond donors (Lipinski definition) is 2. The van der Waals surface area contributed by atoms with Crippen molar-refractivity contribution in [3.8, 4) is 23.0 Å². The molecule has 3 aromatic rings. The average molecular weight is 490 g/mol. The van der Waals surface area contributed by atoms with E-state index < -0.39 is 17.7 Å². The fourth-order valence-electron chi connectivity index (χ4n) is 4.38. The second-order valence-corrected chi connectivity index (χ2v) is 8.22. The van der Waals surface area contributed by atoms with Gasteiger partial charge in [0, 0.05) is 6.54 Å². The maximum atomic E-state index is 13.2. The molecule has 186 valence electrons. The maximum Gasteiger partial charge on any atom is 0.295 e. The highest BCUT2D eigenvalue weighted by Gasteiger charge is 2.46. The lowest BCUT2D eigenvalue weighted by molar-refractivity contribution is -0.139. The van der Waals surface area contributed by atoms with Crippen molar-refractivity contribution in [1.82, 2.24) is 4.90 Å². The summed E-state index contributed by atoms with van der Waals surface area (Å²) in [7, 11) is 4.56. The van der Waals surface area contributed by atoms with Crippen molar-refractivity contribution in [3.63, 3.8) is 0 Å². The Morgan fingerprint density at radius 2 is 1.53 bits per heavy atom. The molecule has 36 heavy (non-hydrogen) atoms. The molecule has 1 saturated heterocycles. The van der Waals surface area contributed by atoms with Crippen LogP contribution in [-0.2, 0) is 16.0 Å². The van der Waals surface area contributed by atoms with Crippen LogP contribution in [0.15, 0.2) is 72.3 Å². The first-order valence-corrected chi connectivity index (χ1v) is 11.3. The molecule has 1 fully saturated rings. The summed E-state index contributed by atoms with van der Waals surface area (Å²) in [6.45, 7) is 0.203. The van der Waals surface area contributed by atoms with Crippen LogP contribution in [0.2, 0.25) is 0 Å². The van der Waals surface area contributed by atoms with Crippen molar-refractivity contribution < 1.29 is 34.0 Å². The zero-order valence-electron chi connectivity index (χ0n) is 20.2. The monoisotopic (exact) mass is 489 g/mol. The number of hydrogen-bond acceptors (Lipinski definition) is 7. The van der Waals surface area contributed by atoms with Gasteiger partial charge in [0.05, 0.1) is 38.5 Å². The van der Waals surface area contributed by atoms with E-state index in [2.05, 4.69) is 0 Å². The molecule has 0 aliphatic carbocycles. The molecule has 1 heterocycles. The molecule has 0 bridgehead atoms. The Labute approximate surface area is 209 Å². The Balaban J connectivity index is 1.76. The van der Waals surface area contributed by atoms with Gasteiger partial charge in [0.25, 0.3) is 11.7 Å². The van der Waals surface area contributed by atoms with Crippen LogP contribution in [0, 0.1) is 0 Å². The number of Topliss-reactive ketones (excluding diaryl/α,β-unsaturated/α-hetero) is 1. The molecule has 1 atom stereocenters. The average Bonchev–Trinajstić information content (AvgIpc) is 3.16. The molecule has 3 aromatic carbocycles. The first kappa shape index (κ1) is 24.7. The van der Waals surface area contributed by atoms with Crippen LogP contribution in [0.25, 0.3) is 5.76 Å². The predicted molar refractivity (Wildman–Crippen MR) is 133 cm³/mol. The Morgan fingerprint density at radius 3 is 2.19 bits per heavy atom. The number of ether oxygens (including phenoxy) is 3. The number of methoxy groups -OCH3 is 3. The van der Waals surface area contributed by atoms with Crippen LogP contribution in [0.5, 0.6) is 23.0 Å². The van der Waals surface area contributed by atoms with Gasteiger partial charge in [-0.1, -0.05) is 30.3 Å². The second-order valence-electron chi connectivity index (χ2n) is 8.22. The van der Waals surface area contributed by atoms with Crippen LogP contribution in [0.4, 0.5) is 0 Å². The first-order chi connectivity index (χ1) is 17.4. The van der Waals surface area contributed by atoms with E-state index >= 15 is 0 Å². The number of para-hydroxylation sites is 1. The summed E-state index contributed by atoms with van der Waals surface area (Å²) in [5.41, 5.74) is 1.73. The van der Waals surface area contributed by atoms with Gasteiger partial charge in [-0.25, -0.2) is 0 Å². The molecular formula is C28H27NO7. The second kappa shape index (κ2) is 10.4. The van der Waals surface area contributed by atoms with E-state index in [1.165, 1.54) is 24.1 Å². The molecule has 1 aliphatic heterocycles. The minimum Gasteiger partial charge on any atom is -0.508 e. The van der Waals surface area contributed by atoms with E-state index in [0.29, 0.717) is 34.8 Å². The number of aliphatic hydroxyl groups excluding tert-OH is 1. The Kier molecular flexibility index (Phi) is 7.15. The molecule has 0 radical (unpaired) electrons. The van der Waals surface area contributed by atoms with E-state index in [0.717, 1.165) is 5.56 Å². The highest BCUT2D eigenvalue weighted by molar-refractivity contribution is 6.46. The number of aliphatic hydroxyl groups is 1. The number of nitrogens with zero attached hydrogens (tertiary/aromatic N) is 1. The fraction of sp³-hybridized carbons (Fsp3) is 0.214. The van der Waals surface area contributed by atoms with Gasteiger partial charge in [0.1, 0.15) is 17.3 Å². The Morgan fingerprint density at radius 1 is 0.861 bits per heavy atom. The van der Waals surface area contributed by atoms with Gasteiger partial charge >= 0.3 is 0 Å². The lowest BCUT2D eigenvalue weighted by Gasteiger charge is -2.25. The molecule has 1 aliphatic rings. The van der Waals surface area contributed by atoms with Crippen molar-refractivity contribution in [3.05, 3.63) is 89.0 Å². The third-order valence-corrected chi connectivity index (χ3v) is 6.20. The van der Waals surface area contributed by atoms with Gasteiger partial charge in [-0.05, 0) is 53.9 Å². The van der Waals surface area contributed by atoms with Gasteiger partial charge in [-0.15, -0.1) is 0 Å². The van der Waals surface area contributed by atoms with Crippen LogP contribution in [0.1, 0.15) is 22.7 Å². The number of aromatic hydroxyl groups is 1. The van der Waals surface area contributed by atoms with E-state index in [-0.39, 0.29) is 23.6 Å². The number of ketones is 1. The first-order valence-electron chi connectivity index (χ1n) is 11.3. The number of carbonyl (C=O) groups excluding carboxylic acids is 2. The zero-order valence-corrected chi connectivity index (χ0v) is 20.2. The number of phenolic OH excluding ortho intramolecular Hbond substituents is 1. The summed E-state index contributed by atoms with van der Waals surface area (Å²) in [6, 6.07) is 17.6. The SMILES string of the molecule is COc1ccc(CCN2C(=O)C(=O)/C(=C(/O)c3ccccc3OC)C2c2ccc(O)cc2)cc1OC. The molecule has 8 heteroatoms. The van der Waals surface area contributed by atoms with Gasteiger partial charge < -0.3 is 29.3 Å². The van der Waals surface area contributed by atoms with Crippen molar-refractivity contribution in [2.24, 2.45) is 0 Å². The summed E-state index contributed by atoms with van der Waals surface area (Å²) >= 11 is 0.